The molecule has 0 aliphatic carbocycles. The Morgan fingerprint density at radius 1 is 1.28 bits per heavy atom. The first-order chi connectivity index (χ1) is 8.58. The van der Waals surface area contributed by atoms with Gasteiger partial charge < -0.3 is 13.9 Å². The number of ketones is 2. The Kier molecular flexibility index (Phi) is 6.24. The van der Waals surface area contributed by atoms with Crippen molar-refractivity contribution in [2.24, 2.45) is 0 Å². The minimum atomic E-state index is -0.984. The van der Waals surface area contributed by atoms with E-state index in [9.17, 15) is 9.59 Å². The van der Waals surface area contributed by atoms with Crippen LogP contribution in [0.1, 0.15) is 30.8 Å². The zero-order valence-electron chi connectivity index (χ0n) is 10.3. The van der Waals surface area contributed by atoms with E-state index < -0.39 is 17.9 Å². The van der Waals surface area contributed by atoms with Crippen molar-refractivity contribution in [3.63, 3.8) is 0 Å². The minimum Gasteiger partial charge on any atom is -0.446 e. The van der Waals surface area contributed by atoms with Crippen molar-refractivity contribution in [2.75, 3.05) is 13.2 Å². The van der Waals surface area contributed by atoms with Gasteiger partial charge in [-0.15, -0.1) is 0 Å². The summed E-state index contributed by atoms with van der Waals surface area (Å²) in [5.74, 6) is -0.659. The molecule has 5 nitrogen and oxygen atoms in total. The summed E-state index contributed by atoms with van der Waals surface area (Å²) < 4.78 is 15.8. The third-order valence-electron chi connectivity index (χ3n) is 2.08. The van der Waals surface area contributed by atoms with Crippen LogP contribution in [0, 0.1) is 0 Å². The lowest BCUT2D eigenvalue weighted by molar-refractivity contribution is -0.167. The maximum Gasteiger partial charge on any atom is 0.218 e. The first kappa shape index (κ1) is 15.1. The molecule has 1 aromatic rings. The number of carbonyl (C=O) groups excluding carboxylic acids is 2. The van der Waals surface area contributed by atoms with Gasteiger partial charge in [0, 0.05) is 13.2 Å². The van der Waals surface area contributed by atoms with Gasteiger partial charge in [0.1, 0.15) is 0 Å². The van der Waals surface area contributed by atoms with E-state index >= 15 is 0 Å². The summed E-state index contributed by atoms with van der Waals surface area (Å²) in [5.41, 5.74) is 0. The lowest BCUT2D eigenvalue weighted by atomic mass is 10.1. The highest BCUT2D eigenvalue weighted by atomic mass is 79.9. The van der Waals surface area contributed by atoms with Gasteiger partial charge in [-0.05, 0) is 41.9 Å². The van der Waals surface area contributed by atoms with Crippen molar-refractivity contribution in [2.45, 2.75) is 26.6 Å². The molecule has 0 spiro atoms. The molecular formula is C12H15BrO5. The number of furan rings is 1. The number of halogens is 1. The minimum absolute atomic E-state index is 0.141. The van der Waals surface area contributed by atoms with Gasteiger partial charge in [-0.3, -0.25) is 9.59 Å². The Hall–Kier alpha value is -0.980. The van der Waals surface area contributed by atoms with Crippen LogP contribution in [0.25, 0.3) is 0 Å². The highest BCUT2D eigenvalue weighted by molar-refractivity contribution is 9.10. The summed E-state index contributed by atoms with van der Waals surface area (Å²) in [5, 5.41) is 0. The van der Waals surface area contributed by atoms with Crippen molar-refractivity contribution in [1.82, 2.24) is 0 Å². The van der Waals surface area contributed by atoms with Crippen molar-refractivity contribution < 1.29 is 23.5 Å². The number of hydrogen-bond acceptors (Lipinski definition) is 5. The van der Waals surface area contributed by atoms with Crippen LogP contribution in [0.2, 0.25) is 0 Å². The van der Waals surface area contributed by atoms with Crippen molar-refractivity contribution in [1.29, 1.82) is 0 Å². The van der Waals surface area contributed by atoms with Gasteiger partial charge in [-0.25, -0.2) is 0 Å². The molecule has 100 valence electrons. The van der Waals surface area contributed by atoms with Crippen molar-refractivity contribution >= 4 is 27.5 Å². The summed E-state index contributed by atoms with van der Waals surface area (Å²) in [6, 6.07) is 3.11. The summed E-state index contributed by atoms with van der Waals surface area (Å²) in [7, 11) is 0. The zero-order chi connectivity index (χ0) is 13.5. The molecule has 1 rings (SSSR count). The molecule has 0 aromatic carbocycles. The molecular weight excluding hydrogens is 304 g/mol. The first-order valence-corrected chi connectivity index (χ1v) is 6.42. The van der Waals surface area contributed by atoms with E-state index in [4.69, 9.17) is 13.9 Å². The summed E-state index contributed by atoms with van der Waals surface area (Å²) in [6.45, 7) is 4.20. The predicted octanol–water partition coefficient (Wildman–Crippen LogP) is 2.58. The van der Waals surface area contributed by atoms with Crippen LogP contribution in [0.15, 0.2) is 21.2 Å². The van der Waals surface area contributed by atoms with Gasteiger partial charge in [0.15, 0.2) is 16.2 Å². The van der Waals surface area contributed by atoms with Crippen molar-refractivity contribution in [3.05, 3.63) is 22.6 Å². The second-order valence-electron chi connectivity index (χ2n) is 3.41. The maximum absolute atomic E-state index is 11.8. The number of ether oxygens (including phenoxy) is 2. The average molecular weight is 319 g/mol. The Bertz CT molecular complexity index is 406. The van der Waals surface area contributed by atoms with Crippen LogP contribution in [0.3, 0.4) is 0 Å². The average Bonchev–Trinajstić information content (AvgIpc) is 2.75. The molecule has 0 aliphatic rings. The summed E-state index contributed by atoms with van der Waals surface area (Å²) in [4.78, 5) is 23.5. The Morgan fingerprint density at radius 2 is 1.89 bits per heavy atom. The molecule has 0 saturated heterocycles. The third-order valence-corrected chi connectivity index (χ3v) is 2.51. The molecule has 0 bridgehead atoms. The first-order valence-electron chi connectivity index (χ1n) is 5.62. The van der Waals surface area contributed by atoms with E-state index in [0.29, 0.717) is 17.9 Å². The second-order valence-corrected chi connectivity index (χ2v) is 4.19. The van der Waals surface area contributed by atoms with E-state index in [1.165, 1.54) is 6.07 Å². The van der Waals surface area contributed by atoms with E-state index in [2.05, 4.69) is 15.9 Å². The fraction of sp³-hybridized carbons (Fsp3) is 0.500. The smallest absolute Gasteiger partial charge is 0.218 e. The molecule has 0 amide bonds. The fourth-order valence-electron chi connectivity index (χ4n) is 1.33. The monoisotopic (exact) mass is 318 g/mol. The maximum atomic E-state index is 11.8. The second kappa shape index (κ2) is 7.45. The van der Waals surface area contributed by atoms with Crippen LogP contribution in [-0.2, 0) is 14.3 Å². The van der Waals surface area contributed by atoms with Gasteiger partial charge >= 0.3 is 0 Å². The molecule has 1 heterocycles. The summed E-state index contributed by atoms with van der Waals surface area (Å²) in [6.07, 6.45) is -1.28. The molecule has 0 unspecified atom stereocenters. The topological polar surface area (TPSA) is 65.7 Å². The van der Waals surface area contributed by atoms with Crippen LogP contribution in [-0.4, -0.2) is 31.1 Å². The summed E-state index contributed by atoms with van der Waals surface area (Å²) >= 11 is 3.09. The normalized spacial score (nSPS) is 10.9. The van der Waals surface area contributed by atoms with E-state index in [0.717, 1.165) is 0 Å². The number of Topliss-reactive ketones (excluding diaryl/α,β-unsaturated/α-hetero) is 2. The fourth-order valence-corrected chi connectivity index (χ4v) is 1.64. The molecule has 0 saturated carbocycles. The lowest BCUT2D eigenvalue weighted by Crippen LogP contribution is -2.29. The number of carbonyl (C=O) groups is 2. The van der Waals surface area contributed by atoms with Gasteiger partial charge in [0.2, 0.25) is 12.1 Å². The molecule has 6 heteroatoms. The van der Waals surface area contributed by atoms with Gasteiger partial charge in [-0.2, -0.15) is 0 Å². The molecule has 18 heavy (non-hydrogen) atoms. The van der Waals surface area contributed by atoms with Crippen LogP contribution in [0.5, 0.6) is 0 Å². The van der Waals surface area contributed by atoms with E-state index in [1.807, 2.05) is 0 Å². The number of rotatable bonds is 8. The Labute approximate surface area is 114 Å². The Morgan fingerprint density at radius 3 is 2.33 bits per heavy atom. The molecule has 0 atom stereocenters. The van der Waals surface area contributed by atoms with Crippen LogP contribution < -0.4 is 0 Å². The third kappa shape index (κ3) is 4.36. The highest BCUT2D eigenvalue weighted by Crippen LogP contribution is 2.16. The quantitative estimate of drug-likeness (QED) is 0.418. The van der Waals surface area contributed by atoms with Crippen LogP contribution in [0.4, 0.5) is 0 Å². The largest absolute Gasteiger partial charge is 0.446 e. The molecule has 1 aromatic heterocycles. The van der Waals surface area contributed by atoms with Crippen LogP contribution >= 0.6 is 15.9 Å². The number of hydrogen-bond donors (Lipinski definition) is 0. The molecule has 0 radical (unpaired) electrons. The molecule has 0 fully saturated rings. The predicted molar refractivity (Wildman–Crippen MR) is 67.4 cm³/mol. The Balaban J connectivity index is 2.59. The van der Waals surface area contributed by atoms with Crippen molar-refractivity contribution in [3.8, 4) is 0 Å². The van der Waals surface area contributed by atoms with E-state index in [1.54, 1.807) is 19.9 Å². The van der Waals surface area contributed by atoms with Gasteiger partial charge in [0.05, 0.1) is 6.42 Å². The SMILES string of the molecule is CCOC(OCC)C(=O)CC(=O)c1ccc(Br)o1. The highest BCUT2D eigenvalue weighted by Gasteiger charge is 2.23. The van der Waals surface area contributed by atoms with Gasteiger partial charge in [-0.1, -0.05) is 0 Å². The molecule has 0 aliphatic heterocycles. The zero-order valence-corrected chi connectivity index (χ0v) is 11.9. The standard InChI is InChI=1S/C12H15BrO5/c1-3-16-12(17-4-2)9(15)7-8(14)10-5-6-11(13)18-10/h5-6,12H,3-4,7H2,1-2H3. The lowest BCUT2D eigenvalue weighted by Gasteiger charge is -2.14. The molecule has 0 N–H and O–H groups in total. The van der Waals surface area contributed by atoms with E-state index in [-0.39, 0.29) is 12.2 Å². The van der Waals surface area contributed by atoms with Gasteiger partial charge in [0.25, 0.3) is 0 Å².